The van der Waals surface area contributed by atoms with Crippen LogP contribution in [-0.2, 0) is 0 Å². The summed E-state index contributed by atoms with van der Waals surface area (Å²) in [5.41, 5.74) is 6.95. The molecule has 0 amide bonds. The van der Waals surface area contributed by atoms with Crippen molar-refractivity contribution in [2.45, 2.75) is 45.6 Å². The van der Waals surface area contributed by atoms with E-state index in [2.05, 4.69) is 14.9 Å². The maximum atomic E-state index is 5.93. The van der Waals surface area contributed by atoms with Crippen molar-refractivity contribution in [1.29, 1.82) is 0 Å². The first-order valence-corrected chi connectivity index (χ1v) is 7.19. The van der Waals surface area contributed by atoms with Crippen molar-refractivity contribution in [3.05, 3.63) is 11.9 Å². The van der Waals surface area contributed by atoms with E-state index in [4.69, 9.17) is 10.5 Å². The molecule has 2 N–H and O–H groups in total. The molecule has 2 heterocycles. The SMILES string of the molecule is CCOc1ncnc(N2CCCCCC2CN)c1C. The van der Waals surface area contributed by atoms with Crippen molar-refractivity contribution in [1.82, 2.24) is 9.97 Å². The molecule has 0 aromatic carbocycles. The fourth-order valence-corrected chi connectivity index (χ4v) is 2.70. The quantitative estimate of drug-likeness (QED) is 0.899. The van der Waals surface area contributed by atoms with E-state index in [0.717, 1.165) is 24.3 Å². The molecule has 106 valence electrons. The Morgan fingerprint density at radius 3 is 2.95 bits per heavy atom. The summed E-state index contributed by atoms with van der Waals surface area (Å²) < 4.78 is 5.56. The van der Waals surface area contributed by atoms with Gasteiger partial charge in [0.15, 0.2) is 0 Å². The summed E-state index contributed by atoms with van der Waals surface area (Å²) in [5.74, 6) is 1.67. The number of ether oxygens (including phenoxy) is 1. The van der Waals surface area contributed by atoms with Crippen molar-refractivity contribution in [3.63, 3.8) is 0 Å². The van der Waals surface area contributed by atoms with Gasteiger partial charge in [-0.3, -0.25) is 0 Å². The van der Waals surface area contributed by atoms with E-state index >= 15 is 0 Å². The van der Waals surface area contributed by atoms with Gasteiger partial charge < -0.3 is 15.4 Å². The van der Waals surface area contributed by atoms with Crippen LogP contribution in [-0.4, -0.2) is 35.7 Å². The Bertz CT molecular complexity index is 410. The van der Waals surface area contributed by atoms with Gasteiger partial charge >= 0.3 is 0 Å². The highest BCUT2D eigenvalue weighted by molar-refractivity contribution is 5.51. The van der Waals surface area contributed by atoms with Crippen LogP contribution < -0.4 is 15.4 Å². The Labute approximate surface area is 115 Å². The van der Waals surface area contributed by atoms with Gasteiger partial charge in [0, 0.05) is 19.1 Å². The summed E-state index contributed by atoms with van der Waals surface area (Å²) in [6.45, 7) is 6.31. The van der Waals surface area contributed by atoms with Crippen LogP contribution in [0.25, 0.3) is 0 Å². The van der Waals surface area contributed by atoms with E-state index < -0.39 is 0 Å². The number of hydrogen-bond donors (Lipinski definition) is 1. The average Bonchev–Trinajstić information content (AvgIpc) is 2.66. The third-order valence-corrected chi connectivity index (χ3v) is 3.71. The maximum Gasteiger partial charge on any atom is 0.221 e. The van der Waals surface area contributed by atoms with E-state index in [1.54, 1.807) is 6.33 Å². The van der Waals surface area contributed by atoms with E-state index in [0.29, 0.717) is 25.1 Å². The lowest BCUT2D eigenvalue weighted by Gasteiger charge is -2.31. The van der Waals surface area contributed by atoms with Crippen LogP contribution in [0.15, 0.2) is 6.33 Å². The van der Waals surface area contributed by atoms with Crippen LogP contribution in [0.4, 0.5) is 5.82 Å². The second kappa shape index (κ2) is 6.70. The minimum absolute atomic E-state index is 0.380. The number of nitrogens with two attached hydrogens (primary N) is 1. The minimum atomic E-state index is 0.380. The normalized spacial score (nSPS) is 20.2. The van der Waals surface area contributed by atoms with Gasteiger partial charge in [-0.15, -0.1) is 0 Å². The number of aromatic nitrogens is 2. The monoisotopic (exact) mass is 264 g/mol. The summed E-state index contributed by atoms with van der Waals surface area (Å²) in [7, 11) is 0. The van der Waals surface area contributed by atoms with Crippen molar-refractivity contribution >= 4 is 5.82 Å². The van der Waals surface area contributed by atoms with Crippen LogP contribution in [0, 0.1) is 6.92 Å². The zero-order valence-electron chi connectivity index (χ0n) is 11.9. The van der Waals surface area contributed by atoms with Crippen LogP contribution in [0.2, 0.25) is 0 Å². The van der Waals surface area contributed by atoms with Crippen LogP contribution in [0.5, 0.6) is 5.88 Å². The van der Waals surface area contributed by atoms with Crippen molar-refractivity contribution in [2.24, 2.45) is 5.73 Å². The van der Waals surface area contributed by atoms with E-state index in [1.165, 1.54) is 19.3 Å². The Morgan fingerprint density at radius 1 is 1.37 bits per heavy atom. The zero-order valence-corrected chi connectivity index (χ0v) is 11.9. The third kappa shape index (κ3) is 3.15. The van der Waals surface area contributed by atoms with Crippen LogP contribution in [0.1, 0.15) is 38.2 Å². The summed E-state index contributed by atoms with van der Waals surface area (Å²) in [6, 6.07) is 0.380. The number of anilines is 1. The number of hydrogen-bond acceptors (Lipinski definition) is 5. The summed E-state index contributed by atoms with van der Waals surface area (Å²) in [4.78, 5) is 11.0. The van der Waals surface area contributed by atoms with Gasteiger partial charge in [-0.2, -0.15) is 0 Å². The first-order valence-electron chi connectivity index (χ1n) is 7.19. The minimum Gasteiger partial charge on any atom is -0.478 e. The average molecular weight is 264 g/mol. The van der Waals surface area contributed by atoms with Gasteiger partial charge in [-0.05, 0) is 26.7 Å². The molecule has 0 bridgehead atoms. The predicted molar refractivity (Wildman–Crippen MR) is 76.6 cm³/mol. The fourth-order valence-electron chi connectivity index (χ4n) is 2.70. The molecule has 1 aromatic rings. The molecular weight excluding hydrogens is 240 g/mol. The van der Waals surface area contributed by atoms with Gasteiger partial charge in [0.1, 0.15) is 12.1 Å². The molecule has 0 aliphatic carbocycles. The molecule has 0 saturated carbocycles. The van der Waals surface area contributed by atoms with Crippen molar-refractivity contribution < 1.29 is 4.74 Å². The molecule has 5 heteroatoms. The van der Waals surface area contributed by atoms with Crippen LogP contribution in [0.3, 0.4) is 0 Å². The molecule has 1 atom stereocenters. The lowest BCUT2D eigenvalue weighted by Crippen LogP contribution is -2.41. The Hall–Kier alpha value is -1.36. The molecule has 2 rings (SSSR count). The second-order valence-corrected chi connectivity index (χ2v) is 4.99. The highest BCUT2D eigenvalue weighted by Crippen LogP contribution is 2.28. The third-order valence-electron chi connectivity index (χ3n) is 3.71. The first-order chi connectivity index (χ1) is 9.27. The van der Waals surface area contributed by atoms with Gasteiger partial charge in [-0.25, -0.2) is 9.97 Å². The fraction of sp³-hybridized carbons (Fsp3) is 0.714. The largest absolute Gasteiger partial charge is 0.478 e. The summed E-state index contributed by atoms with van der Waals surface area (Å²) in [5, 5.41) is 0. The molecule has 1 saturated heterocycles. The van der Waals surface area contributed by atoms with E-state index in [-0.39, 0.29) is 0 Å². The van der Waals surface area contributed by atoms with Gasteiger partial charge in [-0.1, -0.05) is 12.8 Å². The Morgan fingerprint density at radius 2 is 2.21 bits per heavy atom. The molecular formula is C14H24N4O. The number of nitrogens with zero attached hydrogens (tertiary/aromatic N) is 3. The predicted octanol–water partition coefficient (Wildman–Crippen LogP) is 1.89. The lowest BCUT2D eigenvalue weighted by molar-refractivity contribution is 0.323. The highest BCUT2D eigenvalue weighted by Gasteiger charge is 2.23. The summed E-state index contributed by atoms with van der Waals surface area (Å²) >= 11 is 0. The topological polar surface area (TPSA) is 64.3 Å². The van der Waals surface area contributed by atoms with Crippen molar-refractivity contribution in [3.8, 4) is 5.88 Å². The molecule has 1 aliphatic heterocycles. The highest BCUT2D eigenvalue weighted by atomic mass is 16.5. The Balaban J connectivity index is 2.30. The standard InChI is InChI=1S/C14H24N4O/c1-3-19-14-11(2)13(16-10-17-14)18-8-6-4-5-7-12(18)9-15/h10,12H,3-9,15H2,1-2H3. The molecule has 1 aliphatic rings. The second-order valence-electron chi connectivity index (χ2n) is 4.99. The molecule has 1 unspecified atom stereocenters. The van der Waals surface area contributed by atoms with Gasteiger partial charge in [0.25, 0.3) is 0 Å². The van der Waals surface area contributed by atoms with Gasteiger partial charge in [0.2, 0.25) is 5.88 Å². The van der Waals surface area contributed by atoms with E-state index in [9.17, 15) is 0 Å². The van der Waals surface area contributed by atoms with Gasteiger partial charge in [0.05, 0.1) is 12.2 Å². The molecule has 1 aromatic heterocycles. The zero-order chi connectivity index (χ0) is 13.7. The Kier molecular flexibility index (Phi) is 4.96. The van der Waals surface area contributed by atoms with Crippen molar-refractivity contribution in [2.75, 3.05) is 24.6 Å². The molecule has 19 heavy (non-hydrogen) atoms. The molecule has 1 fully saturated rings. The molecule has 5 nitrogen and oxygen atoms in total. The first kappa shape index (κ1) is 14.1. The smallest absolute Gasteiger partial charge is 0.221 e. The molecule has 0 radical (unpaired) electrons. The lowest BCUT2D eigenvalue weighted by atomic mass is 10.1. The molecule has 0 spiro atoms. The van der Waals surface area contributed by atoms with E-state index in [1.807, 2.05) is 13.8 Å². The summed E-state index contributed by atoms with van der Waals surface area (Å²) in [6.07, 6.45) is 6.45. The maximum absolute atomic E-state index is 5.93. The van der Waals surface area contributed by atoms with Crippen LogP contribution >= 0.6 is 0 Å². The number of rotatable bonds is 4.